The molecule has 4 nitrogen and oxygen atoms in total. The van der Waals surface area contributed by atoms with Crippen molar-refractivity contribution >= 4 is 5.91 Å². The maximum atomic E-state index is 13.2. The van der Waals surface area contributed by atoms with Gasteiger partial charge in [-0.25, -0.2) is 0 Å². The van der Waals surface area contributed by atoms with E-state index in [0.29, 0.717) is 19.8 Å². The molecule has 1 aliphatic heterocycles. The molecule has 4 heteroatoms. The molecule has 2 aromatic carbocycles. The van der Waals surface area contributed by atoms with Crippen molar-refractivity contribution in [3.05, 3.63) is 90.3 Å². The number of ether oxygens (including phenoxy) is 1. The van der Waals surface area contributed by atoms with E-state index >= 15 is 0 Å². The van der Waals surface area contributed by atoms with E-state index in [-0.39, 0.29) is 5.91 Å². The smallest absolute Gasteiger partial charge is 0.226 e. The molecule has 4 rings (SSSR count). The van der Waals surface area contributed by atoms with Crippen molar-refractivity contribution in [1.29, 1.82) is 0 Å². The first-order chi connectivity index (χ1) is 14.8. The third-order valence-corrected chi connectivity index (χ3v) is 5.96. The summed E-state index contributed by atoms with van der Waals surface area (Å²) < 4.78 is 5.58. The maximum Gasteiger partial charge on any atom is 0.226 e. The Morgan fingerprint density at radius 2 is 1.67 bits per heavy atom. The van der Waals surface area contributed by atoms with Crippen LogP contribution in [0.15, 0.2) is 79.1 Å². The van der Waals surface area contributed by atoms with E-state index in [4.69, 9.17) is 4.74 Å². The van der Waals surface area contributed by atoms with Crippen LogP contribution < -0.4 is 5.32 Å². The van der Waals surface area contributed by atoms with Crippen molar-refractivity contribution in [3.8, 4) is 11.1 Å². The first-order valence-electron chi connectivity index (χ1n) is 10.6. The number of nitrogens with one attached hydrogen (secondary N) is 1. The summed E-state index contributed by atoms with van der Waals surface area (Å²) >= 11 is 0. The molecule has 154 valence electrons. The van der Waals surface area contributed by atoms with Crippen LogP contribution in [0.4, 0.5) is 0 Å². The normalized spacial score (nSPS) is 15.5. The summed E-state index contributed by atoms with van der Waals surface area (Å²) in [7, 11) is 0. The van der Waals surface area contributed by atoms with Crippen LogP contribution >= 0.6 is 0 Å². The fraction of sp³-hybridized carbons (Fsp3) is 0.308. The quantitative estimate of drug-likeness (QED) is 0.638. The molecule has 1 amide bonds. The van der Waals surface area contributed by atoms with Gasteiger partial charge in [0.25, 0.3) is 0 Å². The van der Waals surface area contributed by atoms with Crippen molar-refractivity contribution in [2.45, 2.75) is 25.7 Å². The van der Waals surface area contributed by atoms with Gasteiger partial charge in [0.05, 0.1) is 5.41 Å². The van der Waals surface area contributed by atoms with Gasteiger partial charge in [-0.1, -0.05) is 60.7 Å². The highest BCUT2D eigenvalue weighted by atomic mass is 16.5. The molecule has 2 heterocycles. The average Bonchev–Trinajstić information content (AvgIpc) is 2.81. The van der Waals surface area contributed by atoms with Gasteiger partial charge in [-0.2, -0.15) is 0 Å². The summed E-state index contributed by atoms with van der Waals surface area (Å²) in [5.41, 5.74) is 4.27. The molecule has 0 radical (unpaired) electrons. The average molecular weight is 401 g/mol. The van der Waals surface area contributed by atoms with Crippen molar-refractivity contribution in [1.82, 2.24) is 10.3 Å². The molecule has 1 fully saturated rings. The van der Waals surface area contributed by atoms with Crippen LogP contribution in [0, 0.1) is 5.41 Å². The Hall–Kier alpha value is -2.98. The van der Waals surface area contributed by atoms with Crippen LogP contribution in [-0.4, -0.2) is 30.6 Å². The number of rotatable bonds is 7. The molecule has 0 unspecified atom stereocenters. The van der Waals surface area contributed by atoms with E-state index < -0.39 is 5.41 Å². The highest BCUT2D eigenvalue weighted by molar-refractivity contribution is 5.83. The third-order valence-electron chi connectivity index (χ3n) is 5.96. The minimum atomic E-state index is -0.398. The maximum absolute atomic E-state index is 13.2. The first kappa shape index (κ1) is 20.3. The largest absolute Gasteiger partial charge is 0.381 e. The van der Waals surface area contributed by atoms with E-state index in [1.54, 1.807) is 6.20 Å². The third kappa shape index (κ3) is 4.95. The number of benzene rings is 2. The Morgan fingerprint density at radius 1 is 0.900 bits per heavy atom. The molecule has 1 aromatic heterocycles. The monoisotopic (exact) mass is 400 g/mol. The Kier molecular flexibility index (Phi) is 6.55. The zero-order chi connectivity index (χ0) is 20.7. The van der Waals surface area contributed by atoms with Crippen molar-refractivity contribution < 1.29 is 9.53 Å². The molecule has 0 bridgehead atoms. The summed E-state index contributed by atoms with van der Waals surface area (Å²) in [6, 6.07) is 22.8. The lowest BCUT2D eigenvalue weighted by atomic mass is 9.74. The number of carbonyl (C=O) groups is 1. The Morgan fingerprint density at radius 3 is 2.37 bits per heavy atom. The number of aromatic nitrogens is 1. The van der Waals surface area contributed by atoms with Crippen LogP contribution in [0.1, 0.15) is 24.0 Å². The minimum Gasteiger partial charge on any atom is -0.381 e. The highest BCUT2D eigenvalue weighted by Gasteiger charge is 2.39. The van der Waals surface area contributed by atoms with Crippen LogP contribution in [0.2, 0.25) is 0 Å². The molecule has 1 saturated heterocycles. The van der Waals surface area contributed by atoms with Gasteiger partial charge < -0.3 is 10.1 Å². The number of hydrogen-bond acceptors (Lipinski definition) is 3. The molecule has 0 aliphatic carbocycles. The molecule has 3 aromatic rings. The zero-order valence-corrected chi connectivity index (χ0v) is 17.2. The molecule has 1 N–H and O–H groups in total. The van der Waals surface area contributed by atoms with Crippen molar-refractivity contribution in [2.24, 2.45) is 5.41 Å². The van der Waals surface area contributed by atoms with Gasteiger partial charge >= 0.3 is 0 Å². The van der Waals surface area contributed by atoms with E-state index in [0.717, 1.165) is 36.8 Å². The van der Waals surface area contributed by atoms with Gasteiger partial charge in [-0.05, 0) is 54.0 Å². The first-order valence-corrected chi connectivity index (χ1v) is 10.6. The molecule has 30 heavy (non-hydrogen) atoms. The second kappa shape index (κ2) is 9.68. The predicted molar refractivity (Wildman–Crippen MR) is 119 cm³/mol. The molecular formula is C26H28N2O2. The van der Waals surface area contributed by atoms with E-state index in [1.165, 1.54) is 11.1 Å². The van der Waals surface area contributed by atoms with Crippen molar-refractivity contribution in [3.63, 3.8) is 0 Å². The number of nitrogens with zero attached hydrogens (tertiary/aromatic N) is 1. The standard InChI is InChI=1S/C26H28N2O2/c29-25(28-16-12-21-5-2-1-3-6-21)26(13-17-30-18-14-26)19-22-8-10-23(11-9-22)24-7-4-15-27-20-24/h1-11,15,20H,12-14,16-19H2,(H,28,29). The Bertz CT molecular complexity index is 934. The van der Waals surface area contributed by atoms with Crippen LogP contribution in [0.3, 0.4) is 0 Å². The second-order valence-electron chi connectivity index (χ2n) is 8.00. The summed E-state index contributed by atoms with van der Waals surface area (Å²) in [4.78, 5) is 17.4. The van der Waals surface area contributed by atoms with Gasteiger partial charge in [0.1, 0.15) is 0 Å². The van der Waals surface area contributed by atoms with Gasteiger partial charge in [0.15, 0.2) is 0 Å². The zero-order valence-electron chi connectivity index (χ0n) is 17.2. The molecule has 0 saturated carbocycles. The van der Waals surface area contributed by atoms with Gasteiger partial charge in [-0.3, -0.25) is 9.78 Å². The number of carbonyl (C=O) groups excluding carboxylic acids is 1. The van der Waals surface area contributed by atoms with E-state index in [2.05, 4.69) is 52.8 Å². The topological polar surface area (TPSA) is 51.2 Å². The number of pyridine rings is 1. The predicted octanol–water partition coefficient (Wildman–Crippen LogP) is 4.45. The lowest BCUT2D eigenvalue weighted by Crippen LogP contribution is -2.46. The lowest BCUT2D eigenvalue weighted by Gasteiger charge is -2.36. The summed E-state index contributed by atoms with van der Waals surface area (Å²) in [6.07, 6.45) is 6.75. The van der Waals surface area contributed by atoms with Crippen LogP contribution in [0.25, 0.3) is 11.1 Å². The second-order valence-corrected chi connectivity index (χ2v) is 8.00. The van der Waals surface area contributed by atoms with Gasteiger partial charge in [0.2, 0.25) is 5.91 Å². The minimum absolute atomic E-state index is 0.151. The Balaban J connectivity index is 1.43. The summed E-state index contributed by atoms with van der Waals surface area (Å²) in [5.74, 6) is 0.151. The molecule has 0 atom stereocenters. The lowest BCUT2D eigenvalue weighted by molar-refractivity contribution is -0.136. The fourth-order valence-electron chi connectivity index (χ4n) is 4.14. The number of amides is 1. The summed E-state index contributed by atoms with van der Waals surface area (Å²) in [6.45, 7) is 1.94. The van der Waals surface area contributed by atoms with Gasteiger partial charge in [-0.15, -0.1) is 0 Å². The van der Waals surface area contributed by atoms with Crippen LogP contribution in [0.5, 0.6) is 0 Å². The van der Waals surface area contributed by atoms with Gasteiger partial charge in [0, 0.05) is 32.2 Å². The van der Waals surface area contributed by atoms with Crippen molar-refractivity contribution in [2.75, 3.05) is 19.8 Å². The Labute approximate surface area is 178 Å². The van der Waals surface area contributed by atoms with E-state index in [9.17, 15) is 4.79 Å². The fourth-order valence-corrected chi connectivity index (χ4v) is 4.14. The van der Waals surface area contributed by atoms with E-state index in [1.807, 2.05) is 30.5 Å². The summed E-state index contributed by atoms with van der Waals surface area (Å²) in [5, 5.41) is 3.20. The number of hydrogen-bond donors (Lipinski definition) is 1. The van der Waals surface area contributed by atoms with Crippen LogP contribution in [-0.2, 0) is 22.4 Å². The SMILES string of the molecule is O=C(NCCc1ccccc1)C1(Cc2ccc(-c3cccnc3)cc2)CCOCC1. The molecular weight excluding hydrogens is 372 g/mol. The molecule has 1 aliphatic rings. The highest BCUT2D eigenvalue weighted by Crippen LogP contribution is 2.35. The molecule has 0 spiro atoms.